The van der Waals surface area contributed by atoms with Crippen LogP contribution in [0, 0.1) is 57.6 Å². The molecular weight excluding hydrogens is 1350 g/mol. The van der Waals surface area contributed by atoms with Gasteiger partial charge in [0.1, 0.15) is 59.0 Å². The van der Waals surface area contributed by atoms with Crippen molar-refractivity contribution in [2.24, 2.45) is 10.9 Å². The Labute approximate surface area is 570 Å². The zero-order chi connectivity index (χ0) is 71.2. The SMILES string of the molecule is Fc1ccc(-c2cnc(Cl)o2)cc1.Fc1ccc(-c2cnco2)cc1.N#Cc1ccc(Cl)nn1.N#Cc1ccc(Nc2ncc(-c3ccc(F)cc3)o2)nn1.N/C(=N\O)c1ccc(Nc2ncc(-c3ccc(F)cc3)o2)nn1.Nc1ncc(-c2ccc(F)cc2)o1.O=Cc1ccc(F)cc1. The molecule has 6 aromatic carbocycles. The van der Waals surface area contributed by atoms with Crippen LogP contribution in [0.3, 0.4) is 0 Å². The molecule has 0 radical (unpaired) electrons. The van der Waals surface area contributed by atoms with Crippen molar-refractivity contribution < 1.29 is 58.4 Å². The zero-order valence-corrected chi connectivity index (χ0v) is 52.2. The van der Waals surface area contributed by atoms with E-state index in [-0.39, 0.29) is 81.2 Å². The lowest BCUT2D eigenvalue weighted by atomic mass is 10.2. The average Bonchev–Trinajstić information content (AvgIpc) is 1.71. The van der Waals surface area contributed by atoms with E-state index in [0.29, 0.717) is 68.6 Å². The Morgan fingerprint density at radius 3 is 1.19 bits per heavy atom. The molecule has 0 unspecified atom stereocenters. The zero-order valence-electron chi connectivity index (χ0n) is 50.7. The lowest BCUT2D eigenvalue weighted by Gasteiger charge is -2.01. The van der Waals surface area contributed by atoms with Gasteiger partial charge in [-0.25, -0.2) is 51.3 Å². The maximum absolute atomic E-state index is 12.9. The first-order valence-electron chi connectivity index (χ1n) is 28.0. The molecule has 8 heterocycles. The highest BCUT2D eigenvalue weighted by Crippen LogP contribution is 2.27. The van der Waals surface area contributed by atoms with E-state index in [1.165, 1.54) is 140 Å². The van der Waals surface area contributed by atoms with E-state index in [9.17, 15) is 31.1 Å². The molecule has 14 rings (SSSR count). The maximum Gasteiger partial charge on any atom is 0.300 e. The minimum absolute atomic E-state index is 0.0827. The lowest BCUT2D eigenvalue weighted by Crippen LogP contribution is -2.15. The molecule has 0 aliphatic heterocycles. The number of amidine groups is 1. The van der Waals surface area contributed by atoms with Crippen LogP contribution in [0.2, 0.25) is 10.5 Å². The third-order valence-electron chi connectivity index (χ3n) is 12.1. The predicted octanol–water partition coefficient (Wildman–Crippen LogP) is 15.3. The number of oxazole rings is 5. The topological polar surface area (TPSA) is 381 Å². The Hall–Kier alpha value is -13.9. The van der Waals surface area contributed by atoms with Gasteiger partial charge in [-0.15, -0.1) is 30.6 Å². The van der Waals surface area contributed by atoms with E-state index < -0.39 is 0 Å². The average molecular weight is 1400 g/mol. The number of aromatic nitrogens is 11. The van der Waals surface area contributed by atoms with Crippen molar-refractivity contribution in [3.8, 4) is 68.8 Å². The summed E-state index contributed by atoms with van der Waals surface area (Å²) in [5.74, 6) is 1.55. The molecule has 0 atom stereocenters. The summed E-state index contributed by atoms with van der Waals surface area (Å²) in [4.78, 5) is 29.3. The van der Waals surface area contributed by atoms with Crippen LogP contribution in [0.1, 0.15) is 27.4 Å². The van der Waals surface area contributed by atoms with Crippen molar-refractivity contribution in [2.45, 2.75) is 0 Å². The number of carbonyl (C=O) groups is 1. The molecule has 0 aliphatic rings. The monoisotopic (exact) mass is 1400 g/mol. The second-order valence-electron chi connectivity index (χ2n) is 19.0. The van der Waals surface area contributed by atoms with Crippen molar-refractivity contribution in [2.75, 3.05) is 16.4 Å². The van der Waals surface area contributed by atoms with Gasteiger partial charge in [-0.1, -0.05) is 16.8 Å². The summed E-state index contributed by atoms with van der Waals surface area (Å²) in [5.41, 5.74) is 15.7. The number of rotatable bonds is 11. The molecule has 0 fully saturated rings. The predicted molar refractivity (Wildman–Crippen MR) is 350 cm³/mol. The second-order valence-corrected chi connectivity index (χ2v) is 19.7. The number of halogens is 8. The third kappa shape index (κ3) is 22.9. The summed E-state index contributed by atoms with van der Waals surface area (Å²) in [7, 11) is 0. The van der Waals surface area contributed by atoms with Crippen LogP contribution >= 0.6 is 23.2 Å². The van der Waals surface area contributed by atoms with Crippen molar-refractivity contribution in [3.05, 3.63) is 287 Å². The van der Waals surface area contributed by atoms with Gasteiger partial charge in [0.05, 0.1) is 31.0 Å². The first-order valence-corrected chi connectivity index (χ1v) is 28.8. The number of hydrogen-bond acceptors (Lipinski definition) is 24. The van der Waals surface area contributed by atoms with Crippen molar-refractivity contribution in [1.29, 1.82) is 10.5 Å². The molecule has 500 valence electrons. The summed E-state index contributed by atoms with van der Waals surface area (Å²) in [5, 5.41) is 56.3. The molecule has 0 bridgehead atoms. The van der Waals surface area contributed by atoms with Crippen molar-refractivity contribution >= 4 is 65.0 Å². The molecule has 0 aliphatic carbocycles. The van der Waals surface area contributed by atoms with E-state index in [4.69, 9.17) is 72.5 Å². The van der Waals surface area contributed by atoms with E-state index >= 15 is 0 Å². The summed E-state index contributed by atoms with van der Waals surface area (Å²) in [6, 6.07) is 48.5. The Kier molecular flexibility index (Phi) is 26.4. The van der Waals surface area contributed by atoms with Crippen LogP contribution in [0.25, 0.3) is 56.6 Å². The largest absolute Gasteiger partial charge is 0.444 e. The van der Waals surface area contributed by atoms with Crippen molar-refractivity contribution in [1.82, 2.24) is 55.5 Å². The first kappa shape index (κ1) is 71.9. The van der Waals surface area contributed by atoms with Crippen LogP contribution in [0.4, 0.5) is 56.0 Å². The number of nitrogen functional groups attached to an aromatic ring is 1. The number of oxime groups is 1. The Morgan fingerprint density at radius 1 is 0.460 bits per heavy atom. The number of nitrogens with one attached hydrogen (secondary N) is 2. The first-order chi connectivity index (χ1) is 48.4. The highest BCUT2D eigenvalue weighted by atomic mass is 35.5. The fourth-order valence-electron chi connectivity index (χ4n) is 7.35. The molecule has 7 N–H and O–H groups in total. The van der Waals surface area contributed by atoms with Crippen LogP contribution in [-0.4, -0.2) is 72.8 Å². The molecular formula is C67H44Cl2F6N18O7. The number of anilines is 5. The second kappa shape index (κ2) is 36.7. The van der Waals surface area contributed by atoms with Gasteiger partial charge in [0, 0.05) is 33.4 Å². The van der Waals surface area contributed by atoms with Gasteiger partial charge in [0.15, 0.2) is 69.2 Å². The van der Waals surface area contributed by atoms with Crippen LogP contribution in [0.15, 0.2) is 247 Å². The number of nitrogens with two attached hydrogens (primary N) is 2. The summed E-state index contributed by atoms with van der Waals surface area (Å²) in [6.45, 7) is 0. The minimum Gasteiger partial charge on any atom is -0.444 e. The van der Waals surface area contributed by atoms with Gasteiger partial charge in [-0.2, -0.15) is 10.5 Å². The summed E-state index contributed by atoms with van der Waals surface area (Å²) in [6.07, 6.45) is 9.64. The number of benzene rings is 6. The van der Waals surface area contributed by atoms with E-state index in [1.54, 1.807) is 79.0 Å². The lowest BCUT2D eigenvalue weighted by molar-refractivity contribution is 0.112. The van der Waals surface area contributed by atoms with Crippen LogP contribution in [-0.2, 0) is 0 Å². The number of nitrogens with zero attached hydrogens (tertiary/aromatic N) is 14. The molecule has 14 aromatic rings. The van der Waals surface area contributed by atoms with E-state index in [2.05, 4.69) is 71.3 Å². The molecule has 100 heavy (non-hydrogen) atoms. The Morgan fingerprint density at radius 2 is 0.850 bits per heavy atom. The van der Waals surface area contributed by atoms with Crippen LogP contribution in [0.5, 0.6) is 0 Å². The van der Waals surface area contributed by atoms with Crippen LogP contribution < -0.4 is 22.1 Å². The maximum atomic E-state index is 12.9. The normalized spacial score (nSPS) is 10.2. The molecule has 0 spiro atoms. The summed E-state index contributed by atoms with van der Waals surface area (Å²) >= 11 is 10.9. The van der Waals surface area contributed by atoms with E-state index in [1.807, 2.05) is 12.1 Å². The number of hydrogen-bond donors (Lipinski definition) is 5. The molecule has 8 aromatic heterocycles. The third-order valence-corrected chi connectivity index (χ3v) is 12.5. The number of aldehydes is 1. The van der Waals surface area contributed by atoms with Crippen molar-refractivity contribution in [3.63, 3.8) is 0 Å². The molecule has 0 amide bonds. The molecule has 0 saturated carbocycles. The quantitative estimate of drug-likeness (QED) is 0.0200. The van der Waals surface area contributed by atoms with Gasteiger partial charge in [-0.05, 0) is 194 Å². The minimum atomic E-state index is -0.326. The summed E-state index contributed by atoms with van der Waals surface area (Å²) < 4.78 is 102. The highest BCUT2D eigenvalue weighted by molar-refractivity contribution is 6.29. The Balaban J connectivity index is 0.000000153. The molecule has 25 nitrogen and oxygen atoms in total. The van der Waals surface area contributed by atoms with Gasteiger partial charge in [0.25, 0.3) is 11.4 Å². The fourth-order valence-corrected chi connectivity index (χ4v) is 7.58. The smallest absolute Gasteiger partial charge is 0.300 e. The highest BCUT2D eigenvalue weighted by Gasteiger charge is 2.12. The van der Waals surface area contributed by atoms with Gasteiger partial charge in [0.2, 0.25) is 0 Å². The number of carbonyl (C=O) groups excluding carboxylic acids is 1. The van der Waals surface area contributed by atoms with Gasteiger partial charge >= 0.3 is 12.0 Å². The fraction of sp³-hybridized carbons (Fsp3) is 0. The molecule has 0 saturated heterocycles. The van der Waals surface area contributed by atoms with E-state index in [0.717, 1.165) is 16.7 Å². The van der Waals surface area contributed by atoms with Gasteiger partial charge in [-0.3, -0.25) is 15.4 Å². The standard InChI is InChI=1S/C14H11FN6O2.C14H8FN5O.C9H5ClFNO.C9H7FN2O.C9H6FNO.C7H5FO.C5H2ClN3/c15-9-3-1-8(2-4-9)11-7-17-14(23-11)18-12-6-5-10(19-20-12)13(16)21-22;15-10-3-1-9(2-4-10)12-8-17-14(21-12)18-13-6-5-11(7-16)19-20-13;10-9-12-5-8(13-9)6-1-3-7(11)4-2-6;10-7-3-1-6(2-4-7)8-5-12-9(11)13-8;10-8-3-1-7(2-4-8)9-5-11-6-12-9;8-7-3-1-6(5-9)2-4-7;6-5-2-1-4(3-7)8-9-5/h1-7,22H,(H2,16,21)(H,17,18,20);1-6,8H,(H,17,18,20);1-5H;1-5H,(H2,11,12);1-6H;1-5H;1-2H. The Bertz CT molecular complexity index is 4850. The number of nitriles is 2. The van der Waals surface area contributed by atoms with Gasteiger partial charge < -0.3 is 38.8 Å². The molecule has 33 heteroatoms.